The fraction of sp³-hybridized carbons (Fsp3) is 0.750. The van der Waals surface area contributed by atoms with Gasteiger partial charge in [-0.05, 0) is 19.3 Å². The number of aliphatic carboxylic acids is 1. The number of allylic oxidation sites excluding steroid dienone is 1. The van der Waals surface area contributed by atoms with Crippen molar-refractivity contribution in [2.24, 2.45) is 11.8 Å². The van der Waals surface area contributed by atoms with Crippen LogP contribution in [-0.4, -0.2) is 33.9 Å². The second-order valence-corrected chi connectivity index (χ2v) is 7.04. The number of hydrogen-bond acceptors (Lipinski definition) is 4. The second-order valence-electron chi connectivity index (χ2n) is 7.04. The number of carbonyl (C=O) groups excluding carboxylic acids is 2. The minimum atomic E-state index is -0.778. The Hall–Kier alpha value is -1.49. The number of rotatable bonds is 13. The normalized spacial score (nSPS) is 22.0. The van der Waals surface area contributed by atoms with Crippen molar-refractivity contribution < 1.29 is 24.6 Å². The summed E-state index contributed by atoms with van der Waals surface area (Å²) in [4.78, 5) is 34.6. The van der Waals surface area contributed by atoms with Gasteiger partial charge in [0.1, 0.15) is 11.6 Å². The van der Waals surface area contributed by atoms with Gasteiger partial charge in [-0.1, -0.05) is 57.6 Å². The lowest BCUT2D eigenvalue weighted by atomic mass is 9.89. The number of aliphatic hydroxyl groups is 1. The van der Waals surface area contributed by atoms with Crippen molar-refractivity contribution in [2.45, 2.75) is 83.7 Å². The highest BCUT2D eigenvalue weighted by atomic mass is 16.4. The summed E-state index contributed by atoms with van der Waals surface area (Å²) < 4.78 is 0. The zero-order valence-electron chi connectivity index (χ0n) is 15.3. The van der Waals surface area contributed by atoms with Crippen LogP contribution in [0.5, 0.6) is 0 Å². The molecule has 0 aromatic heterocycles. The molecule has 1 unspecified atom stereocenters. The summed E-state index contributed by atoms with van der Waals surface area (Å²) in [6.07, 6.45) is 10.7. The Morgan fingerprint density at radius 3 is 2.52 bits per heavy atom. The van der Waals surface area contributed by atoms with Crippen molar-refractivity contribution in [1.29, 1.82) is 0 Å². The van der Waals surface area contributed by atoms with Crippen molar-refractivity contribution in [2.75, 3.05) is 0 Å². The van der Waals surface area contributed by atoms with Gasteiger partial charge >= 0.3 is 5.97 Å². The molecule has 2 N–H and O–H groups in total. The highest BCUT2D eigenvalue weighted by Gasteiger charge is 2.39. The first kappa shape index (κ1) is 21.6. The van der Waals surface area contributed by atoms with E-state index in [-0.39, 0.29) is 30.3 Å². The van der Waals surface area contributed by atoms with E-state index in [0.717, 1.165) is 38.5 Å². The van der Waals surface area contributed by atoms with Crippen LogP contribution in [0.15, 0.2) is 12.2 Å². The lowest BCUT2D eigenvalue weighted by Crippen LogP contribution is -2.16. The molecular formula is C20H32O5. The van der Waals surface area contributed by atoms with E-state index in [2.05, 4.69) is 6.92 Å². The molecular weight excluding hydrogens is 320 g/mol. The molecule has 0 heterocycles. The Morgan fingerprint density at radius 1 is 1.12 bits per heavy atom. The summed E-state index contributed by atoms with van der Waals surface area (Å²) in [5, 5.41) is 18.6. The van der Waals surface area contributed by atoms with E-state index in [1.165, 1.54) is 0 Å². The van der Waals surface area contributed by atoms with E-state index in [1.807, 2.05) is 0 Å². The van der Waals surface area contributed by atoms with Crippen molar-refractivity contribution in [3.05, 3.63) is 12.2 Å². The van der Waals surface area contributed by atoms with Gasteiger partial charge in [-0.2, -0.15) is 0 Å². The molecule has 0 aromatic rings. The van der Waals surface area contributed by atoms with Gasteiger partial charge in [0, 0.05) is 18.3 Å². The Bertz CT molecular complexity index is 469. The number of carboxylic acid groups (broad SMARTS) is 1. The number of carboxylic acids is 1. The molecule has 0 amide bonds. The van der Waals surface area contributed by atoms with Crippen LogP contribution in [0.3, 0.4) is 0 Å². The zero-order chi connectivity index (χ0) is 18.7. The molecule has 1 fully saturated rings. The van der Waals surface area contributed by atoms with Gasteiger partial charge in [-0.25, -0.2) is 0 Å². The van der Waals surface area contributed by atoms with Crippen molar-refractivity contribution >= 4 is 17.5 Å². The van der Waals surface area contributed by atoms with E-state index >= 15 is 0 Å². The Kier molecular flexibility index (Phi) is 10.3. The molecule has 1 saturated carbocycles. The van der Waals surface area contributed by atoms with E-state index in [4.69, 9.17) is 5.11 Å². The average molecular weight is 352 g/mol. The molecule has 0 saturated heterocycles. The standard InChI is InChI=1S/C20H32O5/c1-2-3-6-9-15(21)12-13-17-16(18(22)14-19(17)23)10-7-4-5-8-11-20(24)25/h12-13,15-17,21H,2-11,14H2,1H3,(H,24,25)/b13-12+/t15-,16?,17+/m0/s1. The highest BCUT2D eigenvalue weighted by molar-refractivity contribution is 6.09. The van der Waals surface area contributed by atoms with E-state index in [1.54, 1.807) is 12.2 Å². The first-order chi connectivity index (χ1) is 12.0. The Labute approximate surface area is 150 Å². The first-order valence-corrected chi connectivity index (χ1v) is 9.59. The largest absolute Gasteiger partial charge is 0.481 e. The predicted octanol–water partition coefficient (Wildman–Crippen LogP) is 3.68. The van der Waals surface area contributed by atoms with Crippen molar-refractivity contribution in [3.8, 4) is 0 Å². The lowest BCUT2D eigenvalue weighted by Gasteiger charge is -2.14. The number of aliphatic hydroxyl groups excluding tert-OH is 1. The van der Waals surface area contributed by atoms with Crippen LogP contribution in [0, 0.1) is 11.8 Å². The molecule has 0 bridgehead atoms. The number of hydrogen-bond donors (Lipinski definition) is 2. The third-order valence-corrected chi connectivity index (χ3v) is 4.87. The topological polar surface area (TPSA) is 91.7 Å². The molecule has 0 aromatic carbocycles. The van der Waals surface area contributed by atoms with Crippen LogP contribution in [0.2, 0.25) is 0 Å². The number of carbonyl (C=O) groups is 3. The quantitative estimate of drug-likeness (QED) is 0.300. The molecule has 3 atom stereocenters. The van der Waals surface area contributed by atoms with Gasteiger partial charge in [0.05, 0.1) is 12.5 Å². The first-order valence-electron chi connectivity index (χ1n) is 9.59. The molecule has 0 spiro atoms. The fourth-order valence-electron chi connectivity index (χ4n) is 3.37. The van der Waals surface area contributed by atoms with Gasteiger partial charge in [-0.15, -0.1) is 0 Å². The summed E-state index contributed by atoms with van der Waals surface area (Å²) in [5.41, 5.74) is 0. The molecule has 1 aliphatic rings. The fourth-order valence-corrected chi connectivity index (χ4v) is 3.37. The molecule has 1 aliphatic carbocycles. The van der Waals surface area contributed by atoms with E-state index in [0.29, 0.717) is 19.3 Å². The average Bonchev–Trinajstić information content (AvgIpc) is 2.82. The van der Waals surface area contributed by atoms with Gasteiger partial charge in [-0.3, -0.25) is 14.4 Å². The van der Waals surface area contributed by atoms with Crippen LogP contribution in [0.1, 0.15) is 77.6 Å². The number of Topliss-reactive ketones (excluding diaryl/α,β-unsaturated/α-hetero) is 2. The molecule has 25 heavy (non-hydrogen) atoms. The SMILES string of the molecule is CCCCC[C@H](O)/C=C/[C@H]1C(=O)CC(=O)C1CCCCCCC(=O)O. The Morgan fingerprint density at radius 2 is 1.84 bits per heavy atom. The molecule has 5 heteroatoms. The van der Waals surface area contributed by atoms with Crippen LogP contribution in [0.25, 0.3) is 0 Å². The van der Waals surface area contributed by atoms with Crippen LogP contribution >= 0.6 is 0 Å². The molecule has 5 nitrogen and oxygen atoms in total. The zero-order valence-corrected chi connectivity index (χ0v) is 15.3. The van der Waals surface area contributed by atoms with Crippen LogP contribution < -0.4 is 0 Å². The third kappa shape index (κ3) is 8.43. The van der Waals surface area contributed by atoms with Gasteiger partial charge in [0.25, 0.3) is 0 Å². The third-order valence-electron chi connectivity index (χ3n) is 4.87. The van der Waals surface area contributed by atoms with Gasteiger partial charge < -0.3 is 10.2 Å². The summed E-state index contributed by atoms with van der Waals surface area (Å²) in [7, 11) is 0. The van der Waals surface area contributed by atoms with Crippen molar-refractivity contribution in [3.63, 3.8) is 0 Å². The lowest BCUT2D eigenvalue weighted by molar-refractivity contribution is -0.137. The van der Waals surface area contributed by atoms with Crippen LogP contribution in [0.4, 0.5) is 0 Å². The summed E-state index contributed by atoms with van der Waals surface area (Å²) in [6, 6.07) is 0. The number of unbranched alkanes of at least 4 members (excludes halogenated alkanes) is 5. The summed E-state index contributed by atoms with van der Waals surface area (Å²) in [5.74, 6) is -1.48. The van der Waals surface area contributed by atoms with Gasteiger partial charge in [0.2, 0.25) is 0 Å². The minimum absolute atomic E-state index is 0.00458. The minimum Gasteiger partial charge on any atom is -0.481 e. The second kappa shape index (κ2) is 12.0. The maximum Gasteiger partial charge on any atom is 0.303 e. The smallest absolute Gasteiger partial charge is 0.303 e. The molecule has 1 rings (SSSR count). The van der Waals surface area contributed by atoms with Gasteiger partial charge in [0.15, 0.2) is 0 Å². The predicted molar refractivity (Wildman–Crippen MR) is 96.2 cm³/mol. The van der Waals surface area contributed by atoms with E-state index in [9.17, 15) is 19.5 Å². The summed E-state index contributed by atoms with van der Waals surface area (Å²) in [6.45, 7) is 2.11. The monoisotopic (exact) mass is 352 g/mol. The van der Waals surface area contributed by atoms with Crippen LogP contribution in [-0.2, 0) is 14.4 Å². The number of ketones is 2. The summed E-state index contributed by atoms with van der Waals surface area (Å²) >= 11 is 0. The van der Waals surface area contributed by atoms with E-state index < -0.39 is 18.0 Å². The maximum absolute atomic E-state index is 12.1. The maximum atomic E-state index is 12.1. The highest BCUT2D eigenvalue weighted by Crippen LogP contribution is 2.31. The molecule has 0 aliphatic heterocycles. The Balaban J connectivity index is 2.40. The molecule has 142 valence electrons. The van der Waals surface area contributed by atoms with Crippen molar-refractivity contribution in [1.82, 2.24) is 0 Å². The molecule has 0 radical (unpaired) electrons.